The lowest BCUT2D eigenvalue weighted by Gasteiger charge is -2.24. The summed E-state index contributed by atoms with van der Waals surface area (Å²) < 4.78 is 25.8. The number of fused-ring (bicyclic) bond motifs is 1. The van der Waals surface area contributed by atoms with Crippen molar-refractivity contribution < 1.29 is 18.7 Å². The van der Waals surface area contributed by atoms with Crippen LogP contribution in [-0.4, -0.2) is 33.6 Å². The molecule has 0 fully saturated rings. The molecule has 1 aliphatic rings. The van der Waals surface area contributed by atoms with E-state index < -0.39 is 0 Å². The Morgan fingerprint density at radius 3 is 2.47 bits per heavy atom. The highest BCUT2D eigenvalue weighted by atomic mass is 19.1. The van der Waals surface area contributed by atoms with Gasteiger partial charge in [-0.15, -0.1) is 0 Å². The minimum absolute atomic E-state index is 0.0880. The van der Waals surface area contributed by atoms with Crippen molar-refractivity contribution in [3.05, 3.63) is 107 Å². The van der Waals surface area contributed by atoms with Crippen LogP contribution in [0.4, 0.5) is 10.3 Å². The fraction of sp³-hybridized carbons (Fsp3) is 0.154. The minimum atomic E-state index is -0.367. The number of carbonyl (C=O) groups excluding carboxylic acids is 1. The Labute approximate surface area is 195 Å². The van der Waals surface area contributed by atoms with Crippen molar-refractivity contribution in [2.75, 3.05) is 7.11 Å². The van der Waals surface area contributed by atoms with Crippen LogP contribution in [0.5, 0.6) is 5.75 Å². The zero-order chi connectivity index (χ0) is 23.5. The molecule has 0 N–H and O–H groups in total. The maximum absolute atomic E-state index is 13.4. The Morgan fingerprint density at radius 2 is 1.76 bits per heavy atom. The van der Waals surface area contributed by atoms with Crippen molar-refractivity contribution in [3.63, 3.8) is 0 Å². The molecular formula is C26H21FN4O3. The number of aliphatic imine (C=N–C) groups is 1. The third-order valence-corrected chi connectivity index (χ3v) is 5.69. The van der Waals surface area contributed by atoms with Crippen LogP contribution in [-0.2, 0) is 11.3 Å². The smallest absolute Gasteiger partial charge is 0.337 e. The van der Waals surface area contributed by atoms with Gasteiger partial charge in [-0.2, -0.15) is 10.1 Å². The topological polar surface area (TPSA) is 78.6 Å². The monoisotopic (exact) mass is 456 g/mol. The first-order chi connectivity index (χ1) is 16.6. The number of ether oxygens (including phenoxy) is 2. The maximum atomic E-state index is 13.4. The summed E-state index contributed by atoms with van der Waals surface area (Å²) in [5, 5.41) is 4.36. The molecule has 0 radical (unpaired) electrons. The Balaban J connectivity index is 1.30. The van der Waals surface area contributed by atoms with Crippen molar-refractivity contribution >= 4 is 17.6 Å². The Kier molecular flexibility index (Phi) is 5.86. The van der Waals surface area contributed by atoms with E-state index in [4.69, 9.17) is 9.47 Å². The van der Waals surface area contributed by atoms with Gasteiger partial charge >= 0.3 is 5.97 Å². The zero-order valence-electron chi connectivity index (χ0n) is 18.4. The molecule has 2 heterocycles. The number of hydrogen-bond donors (Lipinski definition) is 0. The van der Waals surface area contributed by atoms with Gasteiger partial charge in [-0.05, 0) is 53.1 Å². The molecule has 1 aliphatic heterocycles. The fourth-order valence-corrected chi connectivity index (χ4v) is 3.87. The van der Waals surface area contributed by atoms with Gasteiger partial charge in [-0.3, -0.25) is 0 Å². The van der Waals surface area contributed by atoms with Gasteiger partial charge in [-0.25, -0.2) is 18.9 Å². The molecular weight excluding hydrogens is 435 g/mol. The minimum Gasteiger partial charge on any atom is -0.489 e. The second-order valence-corrected chi connectivity index (χ2v) is 7.84. The molecule has 5 rings (SSSR count). The number of aromatic nitrogens is 3. The molecule has 0 saturated carbocycles. The first kappa shape index (κ1) is 21.5. The van der Waals surface area contributed by atoms with Gasteiger partial charge in [0.1, 0.15) is 24.5 Å². The lowest BCUT2D eigenvalue weighted by atomic mass is 9.96. The van der Waals surface area contributed by atoms with E-state index in [2.05, 4.69) is 15.1 Å². The highest BCUT2D eigenvalue weighted by Crippen LogP contribution is 2.33. The summed E-state index contributed by atoms with van der Waals surface area (Å²) in [4.78, 5) is 20.4. The Bertz CT molecular complexity index is 1330. The molecule has 0 amide bonds. The second-order valence-electron chi connectivity index (χ2n) is 7.84. The molecule has 1 unspecified atom stereocenters. The van der Waals surface area contributed by atoms with E-state index in [1.54, 1.807) is 28.9 Å². The van der Waals surface area contributed by atoms with E-state index >= 15 is 0 Å². The van der Waals surface area contributed by atoms with Gasteiger partial charge in [0.05, 0.1) is 24.4 Å². The molecule has 0 aliphatic carbocycles. The predicted octanol–water partition coefficient (Wildman–Crippen LogP) is 4.90. The Hall–Kier alpha value is -4.33. The fourth-order valence-electron chi connectivity index (χ4n) is 3.87. The zero-order valence-corrected chi connectivity index (χ0v) is 18.4. The van der Waals surface area contributed by atoms with Crippen LogP contribution in [0.2, 0.25) is 0 Å². The van der Waals surface area contributed by atoms with Gasteiger partial charge < -0.3 is 9.47 Å². The van der Waals surface area contributed by atoms with Gasteiger partial charge in [0.25, 0.3) is 0 Å². The highest BCUT2D eigenvalue weighted by molar-refractivity contribution is 6.02. The molecule has 3 aromatic carbocycles. The van der Waals surface area contributed by atoms with E-state index in [1.807, 2.05) is 36.4 Å². The number of carbonyl (C=O) groups is 1. The van der Waals surface area contributed by atoms with Gasteiger partial charge in [0.15, 0.2) is 0 Å². The van der Waals surface area contributed by atoms with Gasteiger partial charge in [-0.1, -0.05) is 36.4 Å². The molecule has 4 aromatic rings. The van der Waals surface area contributed by atoms with Crippen LogP contribution in [0.25, 0.3) is 0 Å². The van der Waals surface area contributed by atoms with Crippen LogP contribution >= 0.6 is 0 Å². The molecule has 1 atom stereocenters. The first-order valence-corrected chi connectivity index (χ1v) is 10.7. The number of halogens is 1. The number of benzene rings is 3. The number of esters is 1. The summed E-state index contributed by atoms with van der Waals surface area (Å²) in [5.41, 5.74) is 4.17. The van der Waals surface area contributed by atoms with Crippen LogP contribution in [0, 0.1) is 5.82 Å². The van der Waals surface area contributed by atoms with Gasteiger partial charge in [0.2, 0.25) is 5.95 Å². The average Bonchev–Trinajstić information content (AvgIpc) is 3.36. The summed E-state index contributed by atoms with van der Waals surface area (Å²) in [6.45, 7) is 0.374. The summed E-state index contributed by atoms with van der Waals surface area (Å²) in [7, 11) is 1.36. The van der Waals surface area contributed by atoms with E-state index in [0.29, 0.717) is 24.5 Å². The second kappa shape index (κ2) is 9.27. The first-order valence-electron chi connectivity index (χ1n) is 10.7. The van der Waals surface area contributed by atoms with Crippen molar-refractivity contribution in [2.24, 2.45) is 4.99 Å². The van der Waals surface area contributed by atoms with Crippen molar-refractivity contribution in [2.45, 2.75) is 19.1 Å². The third-order valence-electron chi connectivity index (χ3n) is 5.69. The molecule has 0 saturated heterocycles. The number of rotatable bonds is 6. The third kappa shape index (κ3) is 4.43. The Morgan fingerprint density at radius 1 is 1.03 bits per heavy atom. The van der Waals surface area contributed by atoms with Crippen LogP contribution in [0.1, 0.15) is 39.5 Å². The summed E-state index contributed by atoms with van der Waals surface area (Å²) >= 11 is 0. The quantitative estimate of drug-likeness (QED) is 0.386. The van der Waals surface area contributed by atoms with Crippen molar-refractivity contribution in [3.8, 4) is 5.75 Å². The molecule has 1 aromatic heterocycles. The van der Waals surface area contributed by atoms with Gasteiger partial charge in [0, 0.05) is 6.42 Å². The normalized spacial score (nSPS) is 14.8. The summed E-state index contributed by atoms with van der Waals surface area (Å²) in [6, 6.07) is 21.2. The van der Waals surface area contributed by atoms with E-state index in [9.17, 15) is 9.18 Å². The molecule has 0 spiro atoms. The largest absolute Gasteiger partial charge is 0.489 e. The van der Waals surface area contributed by atoms with Crippen LogP contribution < -0.4 is 4.74 Å². The van der Waals surface area contributed by atoms with Crippen LogP contribution in [0.15, 0.2) is 84.1 Å². The average molecular weight is 456 g/mol. The molecule has 34 heavy (non-hydrogen) atoms. The SMILES string of the molecule is COC(=O)c1ccc(COc2ccc(C3CC(c4ccc(F)cc4)=Nc4ncnn43)cc2)cc1. The summed E-state index contributed by atoms with van der Waals surface area (Å²) in [5.74, 6) is 0.595. The summed E-state index contributed by atoms with van der Waals surface area (Å²) in [6.07, 6.45) is 2.09. The molecule has 8 heteroatoms. The van der Waals surface area contributed by atoms with E-state index in [-0.39, 0.29) is 17.8 Å². The van der Waals surface area contributed by atoms with Crippen molar-refractivity contribution in [1.29, 1.82) is 0 Å². The van der Waals surface area contributed by atoms with Crippen LogP contribution in [0.3, 0.4) is 0 Å². The highest BCUT2D eigenvalue weighted by Gasteiger charge is 2.26. The predicted molar refractivity (Wildman–Crippen MR) is 124 cm³/mol. The molecule has 170 valence electrons. The molecule has 0 bridgehead atoms. The number of methoxy groups -OCH3 is 1. The van der Waals surface area contributed by atoms with Crippen molar-refractivity contribution in [1.82, 2.24) is 14.8 Å². The molecule has 7 nitrogen and oxygen atoms in total. The maximum Gasteiger partial charge on any atom is 0.337 e. The lowest BCUT2D eigenvalue weighted by molar-refractivity contribution is 0.0600. The van der Waals surface area contributed by atoms with E-state index in [0.717, 1.165) is 28.2 Å². The lowest BCUT2D eigenvalue weighted by Crippen LogP contribution is -2.21. The van der Waals surface area contributed by atoms with E-state index in [1.165, 1.54) is 25.6 Å². The number of nitrogens with zero attached hydrogens (tertiary/aromatic N) is 4. The standard InChI is InChI=1S/C26H21FN4O3/c1-33-25(32)20-4-2-17(3-5-20)15-34-22-12-8-19(9-13-22)24-14-23(18-6-10-21(27)11-7-18)30-26-28-16-29-31(24)26/h2-13,16,24H,14-15H2,1H3. The number of hydrogen-bond acceptors (Lipinski definition) is 6.